The van der Waals surface area contributed by atoms with E-state index in [1.807, 2.05) is 0 Å². The fourth-order valence-electron chi connectivity index (χ4n) is 0.595. The van der Waals surface area contributed by atoms with Crippen molar-refractivity contribution in [3.63, 3.8) is 0 Å². The Balaban J connectivity index is 3.71. The number of amides is 2. The summed E-state index contributed by atoms with van der Waals surface area (Å²) in [6, 6.07) is 0. The zero-order valence-corrected chi connectivity index (χ0v) is 7.76. The number of nitrogens with one attached hydrogen (secondary N) is 2. The summed E-state index contributed by atoms with van der Waals surface area (Å²) in [4.78, 5) is 21.7. The Morgan fingerprint density at radius 3 is 2.46 bits per heavy atom. The maximum atomic E-state index is 10.9. The van der Waals surface area contributed by atoms with Gasteiger partial charge in [0.2, 0.25) is 11.8 Å². The number of aliphatic hydroxyl groups excluding tert-OH is 1. The molecule has 5 heteroatoms. The van der Waals surface area contributed by atoms with E-state index in [1.54, 1.807) is 6.92 Å². The first-order valence-corrected chi connectivity index (χ1v) is 3.84. The van der Waals surface area contributed by atoms with Gasteiger partial charge >= 0.3 is 0 Å². The molecule has 0 aliphatic carbocycles. The minimum atomic E-state index is -0.908. The molecule has 1 unspecified atom stereocenters. The number of carbonyl (C=O) groups excluding carboxylic acids is 2. The van der Waals surface area contributed by atoms with Gasteiger partial charge in [0.25, 0.3) is 0 Å². The van der Waals surface area contributed by atoms with Crippen LogP contribution in [0.5, 0.6) is 0 Å². The third-order valence-electron chi connectivity index (χ3n) is 1.17. The van der Waals surface area contributed by atoms with E-state index in [4.69, 9.17) is 5.11 Å². The van der Waals surface area contributed by atoms with Crippen LogP contribution in [-0.4, -0.2) is 29.7 Å². The lowest BCUT2D eigenvalue weighted by Crippen LogP contribution is -2.40. The van der Waals surface area contributed by atoms with Crippen molar-refractivity contribution in [2.24, 2.45) is 0 Å². The highest BCUT2D eigenvalue weighted by molar-refractivity contribution is 5.94. The summed E-state index contributed by atoms with van der Waals surface area (Å²) in [5.41, 5.74) is 0.338. The molecule has 1 atom stereocenters. The summed E-state index contributed by atoms with van der Waals surface area (Å²) in [6.07, 6.45) is -0.908. The van der Waals surface area contributed by atoms with Gasteiger partial charge in [-0.1, -0.05) is 6.58 Å². The SMILES string of the molecule is C=C(C)C(=O)NCC(=O)NC(C)O. The van der Waals surface area contributed by atoms with Crippen LogP contribution in [0.1, 0.15) is 13.8 Å². The average molecular weight is 186 g/mol. The zero-order valence-electron chi connectivity index (χ0n) is 7.76. The van der Waals surface area contributed by atoms with Gasteiger partial charge in [0.1, 0.15) is 6.23 Å². The van der Waals surface area contributed by atoms with Gasteiger partial charge in [-0.05, 0) is 13.8 Å². The highest BCUT2D eigenvalue weighted by atomic mass is 16.3. The molecular weight excluding hydrogens is 172 g/mol. The molecule has 0 radical (unpaired) electrons. The Morgan fingerprint density at radius 2 is 2.08 bits per heavy atom. The summed E-state index contributed by atoms with van der Waals surface area (Å²) < 4.78 is 0. The predicted octanol–water partition coefficient (Wildman–Crippen LogP) is -0.867. The van der Waals surface area contributed by atoms with Crippen LogP contribution in [0.25, 0.3) is 0 Å². The summed E-state index contributed by atoms with van der Waals surface area (Å²) in [5.74, 6) is -0.814. The first-order chi connectivity index (χ1) is 5.93. The van der Waals surface area contributed by atoms with Crippen LogP contribution in [0.4, 0.5) is 0 Å². The Morgan fingerprint density at radius 1 is 1.54 bits per heavy atom. The van der Waals surface area contributed by atoms with E-state index in [9.17, 15) is 9.59 Å². The first kappa shape index (κ1) is 11.6. The monoisotopic (exact) mass is 186 g/mol. The number of aliphatic hydroxyl groups is 1. The molecule has 2 amide bonds. The Kier molecular flexibility index (Phi) is 4.76. The minimum Gasteiger partial charge on any atom is -0.374 e. The lowest BCUT2D eigenvalue weighted by Gasteiger charge is -2.08. The molecule has 0 fully saturated rings. The van der Waals surface area contributed by atoms with E-state index in [-0.39, 0.29) is 12.5 Å². The molecule has 0 saturated heterocycles. The molecule has 74 valence electrons. The van der Waals surface area contributed by atoms with Crippen LogP contribution < -0.4 is 10.6 Å². The predicted molar refractivity (Wildman–Crippen MR) is 47.6 cm³/mol. The molecule has 0 aliphatic heterocycles. The molecule has 5 nitrogen and oxygen atoms in total. The van der Waals surface area contributed by atoms with Crippen molar-refractivity contribution in [1.82, 2.24) is 10.6 Å². The van der Waals surface area contributed by atoms with E-state index < -0.39 is 12.1 Å². The van der Waals surface area contributed by atoms with E-state index >= 15 is 0 Å². The molecule has 0 aromatic heterocycles. The lowest BCUT2D eigenvalue weighted by molar-refractivity contribution is -0.126. The maximum absolute atomic E-state index is 10.9. The van der Waals surface area contributed by atoms with E-state index in [0.29, 0.717) is 5.57 Å². The fourth-order valence-corrected chi connectivity index (χ4v) is 0.595. The van der Waals surface area contributed by atoms with Crippen LogP contribution in [0.3, 0.4) is 0 Å². The van der Waals surface area contributed by atoms with Gasteiger partial charge in [0, 0.05) is 5.57 Å². The third-order valence-corrected chi connectivity index (χ3v) is 1.17. The second-order valence-corrected chi connectivity index (χ2v) is 2.71. The highest BCUT2D eigenvalue weighted by Crippen LogP contribution is 1.84. The summed E-state index contributed by atoms with van der Waals surface area (Å²) in [6.45, 7) is 6.20. The number of hydrogen-bond donors (Lipinski definition) is 3. The van der Waals surface area contributed by atoms with Crippen LogP contribution in [0, 0.1) is 0 Å². The van der Waals surface area contributed by atoms with Crippen molar-refractivity contribution in [1.29, 1.82) is 0 Å². The minimum absolute atomic E-state index is 0.156. The van der Waals surface area contributed by atoms with E-state index in [2.05, 4.69) is 17.2 Å². The molecule has 0 aromatic carbocycles. The zero-order chi connectivity index (χ0) is 10.4. The van der Waals surface area contributed by atoms with E-state index in [0.717, 1.165) is 0 Å². The van der Waals surface area contributed by atoms with Crippen molar-refractivity contribution in [2.45, 2.75) is 20.1 Å². The summed E-state index contributed by atoms with van der Waals surface area (Å²) >= 11 is 0. The molecule has 0 rings (SSSR count). The Hall–Kier alpha value is -1.36. The molecule has 0 heterocycles. The van der Waals surface area contributed by atoms with Crippen LogP contribution in [0.2, 0.25) is 0 Å². The summed E-state index contributed by atoms with van der Waals surface area (Å²) in [7, 11) is 0. The van der Waals surface area contributed by atoms with Gasteiger partial charge < -0.3 is 15.7 Å². The normalized spacial score (nSPS) is 11.6. The van der Waals surface area contributed by atoms with Gasteiger partial charge in [0.15, 0.2) is 0 Å². The van der Waals surface area contributed by atoms with Gasteiger partial charge in [-0.25, -0.2) is 0 Å². The van der Waals surface area contributed by atoms with Gasteiger partial charge in [-0.3, -0.25) is 9.59 Å². The van der Waals surface area contributed by atoms with Gasteiger partial charge in [-0.2, -0.15) is 0 Å². The van der Waals surface area contributed by atoms with Crippen LogP contribution in [0.15, 0.2) is 12.2 Å². The number of carbonyl (C=O) groups is 2. The van der Waals surface area contributed by atoms with Crippen molar-refractivity contribution in [3.8, 4) is 0 Å². The maximum Gasteiger partial charge on any atom is 0.246 e. The quantitative estimate of drug-likeness (QED) is 0.394. The Bertz CT molecular complexity index is 223. The molecule has 0 spiro atoms. The van der Waals surface area contributed by atoms with Crippen molar-refractivity contribution in [2.75, 3.05) is 6.54 Å². The smallest absolute Gasteiger partial charge is 0.246 e. The molecule has 13 heavy (non-hydrogen) atoms. The second-order valence-electron chi connectivity index (χ2n) is 2.71. The fraction of sp³-hybridized carbons (Fsp3) is 0.500. The largest absolute Gasteiger partial charge is 0.374 e. The molecule has 0 saturated carbocycles. The standard InChI is InChI=1S/C8H14N2O3/c1-5(2)8(13)9-4-7(12)10-6(3)11/h6,11H,1,4H2,2-3H3,(H,9,13)(H,10,12). The second kappa shape index (κ2) is 5.31. The number of hydrogen-bond acceptors (Lipinski definition) is 3. The topological polar surface area (TPSA) is 78.4 Å². The highest BCUT2D eigenvalue weighted by Gasteiger charge is 2.06. The average Bonchev–Trinajstić information content (AvgIpc) is 1.98. The van der Waals surface area contributed by atoms with E-state index in [1.165, 1.54) is 6.92 Å². The van der Waals surface area contributed by atoms with Crippen LogP contribution in [-0.2, 0) is 9.59 Å². The molecule has 0 aromatic rings. The van der Waals surface area contributed by atoms with Gasteiger partial charge in [-0.15, -0.1) is 0 Å². The van der Waals surface area contributed by atoms with Crippen molar-refractivity contribution < 1.29 is 14.7 Å². The molecular formula is C8H14N2O3. The third kappa shape index (κ3) is 5.86. The van der Waals surface area contributed by atoms with Crippen molar-refractivity contribution >= 4 is 11.8 Å². The summed E-state index contributed by atoms with van der Waals surface area (Å²) in [5, 5.41) is 13.3. The first-order valence-electron chi connectivity index (χ1n) is 3.84. The molecule has 0 aliphatic rings. The number of rotatable bonds is 4. The molecule has 3 N–H and O–H groups in total. The lowest BCUT2D eigenvalue weighted by atomic mass is 10.3. The van der Waals surface area contributed by atoms with Crippen molar-refractivity contribution in [3.05, 3.63) is 12.2 Å². The Labute approximate surface area is 76.8 Å². The molecule has 0 bridgehead atoms. The van der Waals surface area contributed by atoms with Crippen LogP contribution >= 0.6 is 0 Å². The van der Waals surface area contributed by atoms with Gasteiger partial charge in [0.05, 0.1) is 6.54 Å².